The summed E-state index contributed by atoms with van der Waals surface area (Å²) in [7, 11) is 1.59. The van der Waals surface area contributed by atoms with Crippen molar-refractivity contribution >= 4 is 45.8 Å². The van der Waals surface area contributed by atoms with Gasteiger partial charge in [0.05, 0.1) is 39.8 Å². The van der Waals surface area contributed by atoms with Gasteiger partial charge in [-0.05, 0) is 47.5 Å². The molecule has 0 saturated heterocycles. The third-order valence-corrected chi connectivity index (χ3v) is 5.74. The second-order valence-electron chi connectivity index (χ2n) is 6.95. The molecule has 0 spiro atoms. The number of nitrogens with one attached hydrogen (secondary N) is 2. The number of ether oxygens (including phenoxy) is 2. The summed E-state index contributed by atoms with van der Waals surface area (Å²) in [5.41, 5.74) is 3.82. The van der Waals surface area contributed by atoms with Gasteiger partial charge >= 0.3 is 0 Å². The number of H-pyrrole nitrogens is 1. The molecule has 1 aromatic heterocycles. The molecular weight excluding hydrogens is 457 g/mol. The van der Waals surface area contributed by atoms with Crippen molar-refractivity contribution in [2.24, 2.45) is 0 Å². The van der Waals surface area contributed by atoms with Gasteiger partial charge in [0.2, 0.25) is 0 Å². The first-order valence-corrected chi connectivity index (χ1v) is 10.7. The highest BCUT2D eigenvalue weighted by molar-refractivity contribution is 6.42. The smallest absolute Gasteiger partial charge is 0.180 e. The van der Waals surface area contributed by atoms with Crippen LogP contribution >= 0.6 is 34.8 Å². The zero-order valence-corrected chi connectivity index (χ0v) is 19.0. The van der Waals surface area contributed by atoms with Gasteiger partial charge in [-0.15, -0.1) is 0 Å². The van der Waals surface area contributed by atoms with Crippen molar-refractivity contribution < 1.29 is 9.47 Å². The summed E-state index contributed by atoms with van der Waals surface area (Å²) in [6.45, 7) is 1.49. The molecule has 0 bridgehead atoms. The molecule has 1 heterocycles. The van der Waals surface area contributed by atoms with E-state index >= 15 is 0 Å². The minimum Gasteiger partial charge on any atom is -0.493 e. The average Bonchev–Trinajstić information content (AvgIpc) is 3.18. The molecule has 4 rings (SSSR count). The van der Waals surface area contributed by atoms with Crippen LogP contribution in [-0.4, -0.2) is 17.1 Å². The van der Waals surface area contributed by atoms with Crippen molar-refractivity contribution in [3.8, 4) is 11.5 Å². The summed E-state index contributed by atoms with van der Waals surface area (Å²) in [6, 6.07) is 17.1. The number of halogens is 3. The van der Waals surface area contributed by atoms with Crippen LogP contribution in [0.5, 0.6) is 11.5 Å². The van der Waals surface area contributed by atoms with Crippen molar-refractivity contribution in [1.29, 1.82) is 0 Å². The molecule has 0 saturated carbocycles. The number of imidazole rings is 1. The Bertz CT molecular complexity index is 1180. The number of fused-ring (bicyclic) bond motifs is 1. The van der Waals surface area contributed by atoms with Gasteiger partial charge in [0.25, 0.3) is 0 Å². The Kier molecular flexibility index (Phi) is 6.88. The topological polar surface area (TPSA) is 59.2 Å². The molecule has 0 atom stereocenters. The second kappa shape index (κ2) is 9.79. The van der Waals surface area contributed by atoms with Crippen LogP contribution in [0.2, 0.25) is 15.1 Å². The van der Waals surface area contributed by atoms with E-state index < -0.39 is 0 Å². The van der Waals surface area contributed by atoms with Crippen molar-refractivity contribution in [3.05, 3.63) is 86.6 Å². The lowest BCUT2D eigenvalue weighted by atomic mass is 10.2. The van der Waals surface area contributed by atoms with Gasteiger partial charge in [0.1, 0.15) is 12.4 Å². The van der Waals surface area contributed by atoms with Crippen LogP contribution in [0.15, 0.2) is 54.6 Å². The van der Waals surface area contributed by atoms with E-state index in [1.54, 1.807) is 19.2 Å². The van der Waals surface area contributed by atoms with Crippen LogP contribution in [0, 0.1) is 0 Å². The molecule has 3 aromatic carbocycles. The Balaban J connectivity index is 1.40. The Morgan fingerprint density at radius 2 is 1.71 bits per heavy atom. The summed E-state index contributed by atoms with van der Waals surface area (Å²) in [5, 5.41) is 4.82. The first kappa shape index (κ1) is 21.8. The summed E-state index contributed by atoms with van der Waals surface area (Å²) in [6.07, 6.45) is 0. The average molecular weight is 477 g/mol. The van der Waals surface area contributed by atoms with Crippen molar-refractivity contribution in [1.82, 2.24) is 15.3 Å². The minimum atomic E-state index is 0.288. The molecular formula is C23H20Cl3N3O2. The number of aromatic amines is 1. The zero-order chi connectivity index (χ0) is 21.8. The number of para-hydroxylation sites is 2. The predicted octanol–water partition coefficient (Wildman–Crippen LogP) is 6.40. The maximum Gasteiger partial charge on any atom is 0.180 e. The van der Waals surface area contributed by atoms with E-state index in [0.717, 1.165) is 28.0 Å². The SMILES string of the molecule is COc1cc(CNCc2nc3ccccc3[nH]2)cc(Cl)c1OCc1ccc(Cl)c(Cl)c1. The van der Waals surface area contributed by atoms with E-state index in [2.05, 4.69) is 15.3 Å². The van der Waals surface area contributed by atoms with E-state index in [9.17, 15) is 0 Å². The van der Waals surface area contributed by atoms with E-state index in [-0.39, 0.29) is 6.61 Å². The fourth-order valence-electron chi connectivity index (χ4n) is 3.21. The zero-order valence-electron chi connectivity index (χ0n) is 16.7. The van der Waals surface area contributed by atoms with E-state index in [1.807, 2.05) is 42.5 Å². The summed E-state index contributed by atoms with van der Waals surface area (Å²) >= 11 is 18.5. The van der Waals surface area contributed by atoms with Crippen molar-refractivity contribution in [2.45, 2.75) is 19.7 Å². The summed E-state index contributed by atoms with van der Waals surface area (Å²) in [4.78, 5) is 7.87. The van der Waals surface area contributed by atoms with Gasteiger partial charge in [0, 0.05) is 6.54 Å². The van der Waals surface area contributed by atoms with Crippen LogP contribution < -0.4 is 14.8 Å². The highest BCUT2D eigenvalue weighted by atomic mass is 35.5. The Morgan fingerprint density at radius 1 is 0.903 bits per heavy atom. The third kappa shape index (κ3) is 5.25. The van der Waals surface area contributed by atoms with E-state index in [0.29, 0.717) is 39.7 Å². The number of aromatic nitrogens is 2. The lowest BCUT2D eigenvalue weighted by molar-refractivity contribution is 0.284. The molecule has 4 aromatic rings. The number of hydrogen-bond acceptors (Lipinski definition) is 4. The molecule has 0 amide bonds. The monoisotopic (exact) mass is 475 g/mol. The molecule has 5 nitrogen and oxygen atoms in total. The Labute approximate surface area is 195 Å². The van der Waals surface area contributed by atoms with Gasteiger partial charge in [-0.3, -0.25) is 0 Å². The van der Waals surface area contributed by atoms with Gasteiger partial charge < -0.3 is 19.8 Å². The molecule has 0 unspecified atom stereocenters. The van der Waals surface area contributed by atoms with Gasteiger partial charge in [0.15, 0.2) is 11.5 Å². The summed E-state index contributed by atoms with van der Waals surface area (Å²) in [5.74, 6) is 1.92. The number of rotatable bonds is 8. The van der Waals surface area contributed by atoms with Gasteiger partial charge in [-0.25, -0.2) is 4.98 Å². The first-order valence-electron chi connectivity index (χ1n) is 9.61. The maximum atomic E-state index is 6.49. The van der Waals surface area contributed by atoms with Crippen LogP contribution in [0.3, 0.4) is 0 Å². The third-order valence-electron chi connectivity index (χ3n) is 4.72. The second-order valence-corrected chi connectivity index (χ2v) is 8.17. The normalized spacial score (nSPS) is 11.1. The Morgan fingerprint density at radius 3 is 2.48 bits per heavy atom. The molecule has 2 N–H and O–H groups in total. The molecule has 0 fully saturated rings. The van der Waals surface area contributed by atoms with Gasteiger partial charge in [-0.2, -0.15) is 0 Å². The maximum absolute atomic E-state index is 6.49. The number of benzene rings is 3. The quantitative estimate of drug-likeness (QED) is 0.309. The number of methoxy groups -OCH3 is 1. The fraction of sp³-hybridized carbons (Fsp3) is 0.174. The molecule has 0 radical (unpaired) electrons. The minimum absolute atomic E-state index is 0.288. The summed E-state index contributed by atoms with van der Waals surface area (Å²) < 4.78 is 11.4. The lowest BCUT2D eigenvalue weighted by Crippen LogP contribution is -2.14. The highest BCUT2D eigenvalue weighted by Gasteiger charge is 2.13. The van der Waals surface area contributed by atoms with Crippen LogP contribution in [0.25, 0.3) is 11.0 Å². The van der Waals surface area contributed by atoms with Crippen LogP contribution in [0.4, 0.5) is 0 Å². The fourth-order valence-corrected chi connectivity index (χ4v) is 3.82. The molecule has 0 aliphatic rings. The molecule has 31 heavy (non-hydrogen) atoms. The molecule has 8 heteroatoms. The molecule has 0 aliphatic carbocycles. The standard InChI is InChI=1S/C23H20Cl3N3O2/c1-30-21-10-15(11-27-12-22-28-19-4-2-3-5-20(19)29-22)9-18(26)23(21)31-13-14-6-7-16(24)17(25)8-14/h2-10,27H,11-13H2,1H3,(H,28,29). The Hall–Kier alpha value is -2.44. The number of hydrogen-bond donors (Lipinski definition) is 2. The van der Waals surface area contributed by atoms with Crippen LogP contribution in [0.1, 0.15) is 17.0 Å². The van der Waals surface area contributed by atoms with E-state index in [1.165, 1.54) is 0 Å². The molecule has 160 valence electrons. The van der Waals surface area contributed by atoms with E-state index in [4.69, 9.17) is 44.3 Å². The largest absolute Gasteiger partial charge is 0.493 e. The van der Waals surface area contributed by atoms with Crippen molar-refractivity contribution in [2.75, 3.05) is 7.11 Å². The van der Waals surface area contributed by atoms with Gasteiger partial charge in [-0.1, -0.05) is 53.0 Å². The first-order chi connectivity index (χ1) is 15.0. The van der Waals surface area contributed by atoms with Crippen molar-refractivity contribution in [3.63, 3.8) is 0 Å². The number of nitrogens with zero attached hydrogens (tertiary/aromatic N) is 1. The highest BCUT2D eigenvalue weighted by Crippen LogP contribution is 2.37. The van der Waals surface area contributed by atoms with Crippen LogP contribution in [-0.2, 0) is 19.7 Å². The lowest BCUT2D eigenvalue weighted by Gasteiger charge is -2.15. The molecule has 0 aliphatic heterocycles. The predicted molar refractivity (Wildman–Crippen MR) is 125 cm³/mol.